The Morgan fingerprint density at radius 2 is 1.78 bits per heavy atom. The fourth-order valence-electron chi connectivity index (χ4n) is 3.15. The van der Waals surface area contributed by atoms with E-state index in [0.717, 1.165) is 38.8 Å². The smallest absolute Gasteiger partial charge is 0.176 e. The fourth-order valence-corrected chi connectivity index (χ4v) is 5.63. The molecule has 3 nitrogen and oxygen atoms in total. The molecule has 100 valence electrons. The Bertz CT molecular complexity index is 470. The number of hydrogen-bond donors (Lipinski definition) is 0. The first-order valence-electron chi connectivity index (χ1n) is 7.00. The van der Waals surface area contributed by atoms with E-state index in [2.05, 4.69) is 4.90 Å². The molecule has 3 aliphatic rings. The molecule has 0 bridgehead atoms. The monoisotopic (exact) mass is 267 g/mol. The second kappa shape index (κ2) is 4.49. The largest absolute Gasteiger partial charge is 0.281 e. The Morgan fingerprint density at radius 1 is 1.06 bits per heavy atom. The number of nitrogens with zero attached hydrogens (tertiary/aromatic N) is 1. The molecule has 0 N–H and O–H groups in total. The molecule has 0 radical (unpaired) electrons. The van der Waals surface area contributed by atoms with Crippen LogP contribution in [0.4, 0.5) is 0 Å². The Morgan fingerprint density at radius 3 is 2.33 bits per heavy atom. The Labute approximate surface area is 109 Å². The molecule has 1 saturated heterocycles. The van der Waals surface area contributed by atoms with E-state index in [0.29, 0.717) is 6.42 Å². The number of hydrogen-bond acceptors (Lipinski definition) is 3. The van der Waals surface area contributed by atoms with Crippen LogP contribution in [-0.4, -0.2) is 36.5 Å². The normalized spacial score (nSPS) is 33.8. The maximum Gasteiger partial charge on any atom is 0.176 e. The lowest BCUT2D eigenvalue weighted by atomic mass is 10.0. The van der Waals surface area contributed by atoms with Crippen LogP contribution in [0.1, 0.15) is 38.5 Å². The van der Waals surface area contributed by atoms with Gasteiger partial charge in [-0.2, -0.15) is 0 Å². The first-order valence-corrected chi connectivity index (χ1v) is 8.54. The van der Waals surface area contributed by atoms with Gasteiger partial charge in [0.15, 0.2) is 9.84 Å². The zero-order valence-corrected chi connectivity index (χ0v) is 11.5. The molecule has 18 heavy (non-hydrogen) atoms. The summed E-state index contributed by atoms with van der Waals surface area (Å²) in [7, 11) is -3.06. The van der Waals surface area contributed by atoms with Crippen LogP contribution in [0.3, 0.4) is 0 Å². The van der Waals surface area contributed by atoms with E-state index in [1.165, 1.54) is 6.42 Å². The predicted molar refractivity (Wildman–Crippen MR) is 73.0 cm³/mol. The van der Waals surface area contributed by atoms with Crippen LogP contribution in [0.25, 0.3) is 0 Å². The molecule has 0 spiro atoms. The summed E-state index contributed by atoms with van der Waals surface area (Å²) in [5.74, 6) is 0. The summed E-state index contributed by atoms with van der Waals surface area (Å²) in [5.41, 5.74) is 0. The Hall–Kier alpha value is -0.610. The third-order valence-electron chi connectivity index (χ3n) is 4.36. The third-order valence-corrected chi connectivity index (χ3v) is 7.26. The second-order valence-corrected chi connectivity index (χ2v) is 8.09. The molecule has 1 unspecified atom stereocenters. The van der Waals surface area contributed by atoms with Gasteiger partial charge in [-0.05, 0) is 44.8 Å². The molecule has 1 aliphatic heterocycles. The van der Waals surface area contributed by atoms with Gasteiger partial charge in [-0.3, -0.25) is 4.90 Å². The van der Waals surface area contributed by atoms with Crippen molar-refractivity contribution >= 4 is 9.84 Å². The zero-order chi connectivity index (χ0) is 12.6. The third kappa shape index (κ3) is 1.86. The van der Waals surface area contributed by atoms with Crippen molar-refractivity contribution in [1.82, 2.24) is 4.90 Å². The number of sulfone groups is 1. The van der Waals surface area contributed by atoms with Crippen molar-refractivity contribution in [3.63, 3.8) is 0 Å². The lowest BCUT2D eigenvalue weighted by Crippen LogP contribution is -2.56. The highest BCUT2D eigenvalue weighted by atomic mass is 32.2. The highest BCUT2D eigenvalue weighted by Gasteiger charge is 2.53. The van der Waals surface area contributed by atoms with E-state index in [9.17, 15) is 8.42 Å². The average molecular weight is 267 g/mol. The molecular weight excluding hydrogens is 246 g/mol. The summed E-state index contributed by atoms with van der Waals surface area (Å²) in [4.78, 5) is 1.48. The molecule has 4 heteroatoms. The van der Waals surface area contributed by atoms with Crippen molar-refractivity contribution < 1.29 is 8.42 Å². The minimum absolute atomic E-state index is 0.0874. The van der Waals surface area contributed by atoms with Gasteiger partial charge in [-0.25, -0.2) is 8.42 Å². The minimum Gasteiger partial charge on any atom is -0.281 e. The number of piperidine rings is 1. The minimum atomic E-state index is -3.06. The predicted octanol–water partition coefficient (Wildman–Crippen LogP) is 2.26. The quantitative estimate of drug-likeness (QED) is 0.787. The Kier molecular flexibility index (Phi) is 3.10. The molecule has 0 aromatic carbocycles. The van der Waals surface area contributed by atoms with E-state index >= 15 is 0 Å². The molecule has 0 aromatic heterocycles. The van der Waals surface area contributed by atoms with Crippen molar-refractivity contribution in [2.45, 2.75) is 48.6 Å². The highest BCUT2D eigenvalue weighted by Crippen LogP contribution is 2.42. The summed E-state index contributed by atoms with van der Waals surface area (Å²) in [6.45, 7) is 1.84. The summed E-state index contributed by atoms with van der Waals surface area (Å²) in [5, 5.41) is -0.0874. The highest BCUT2D eigenvalue weighted by molar-refractivity contribution is 7.93. The molecule has 2 aliphatic carbocycles. The second-order valence-electron chi connectivity index (χ2n) is 5.63. The van der Waals surface area contributed by atoms with Crippen molar-refractivity contribution in [1.29, 1.82) is 0 Å². The number of likely N-dealkylation sites (tertiary alicyclic amines) is 1. The van der Waals surface area contributed by atoms with Crippen LogP contribution >= 0.6 is 0 Å². The van der Waals surface area contributed by atoms with Crippen LogP contribution in [0.5, 0.6) is 0 Å². The first-order chi connectivity index (χ1) is 8.67. The van der Waals surface area contributed by atoms with Gasteiger partial charge in [0.2, 0.25) is 0 Å². The van der Waals surface area contributed by atoms with Crippen LogP contribution in [0, 0.1) is 0 Å². The molecule has 0 aromatic rings. The maximum absolute atomic E-state index is 12.8. The molecule has 2 fully saturated rings. The van der Waals surface area contributed by atoms with Gasteiger partial charge in [-0.15, -0.1) is 0 Å². The van der Waals surface area contributed by atoms with Crippen LogP contribution in [0.15, 0.2) is 24.3 Å². The van der Waals surface area contributed by atoms with Crippen molar-refractivity contribution in [3.05, 3.63) is 24.3 Å². The molecule has 1 heterocycles. The van der Waals surface area contributed by atoms with Gasteiger partial charge in [-0.1, -0.05) is 24.6 Å². The molecule has 1 saturated carbocycles. The van der Waals surface area contributed by atoms with E-state index in [1.807, 2.05) is 24.3 Å². The zero-order valence-electron chi connectivity index (χ0n) is 10.7. The van der Waals surface area contributed by atoms with Crippen LogP contribution in [-0.2, 0) is 9.84 Å². The molecule has 0 amide bonds. The Balaban J connectivity index is 1.98. The summed E-state index contributed by atoms with van der Waals surface area (Å²) < 4.78 is 25.7. The van der Waals surface area contributed by atoms with Gasteiger partial charge >= 0.3 is 0 Å². The SMILES string of the molecule is O=S(=O)(C1CC1)C1(N2CCCCC2)C=CC=CC1. The van der Waals surface area contributed by atoms with Gasteiger partial charge in [0, 0.05) is 6.42 Å². The summed E-state index contributed by atoms with van der Waals surface area (Å²) in [6.07, 6.45) is 13.6. The molecular formula is C14H21NO2S. The topological polar surface area (TPSA) is 37.4 Å². The summed E-state index contributed by atoms with van der Waals surface area (Å²) in [6, 6.07) is 0. The van der Waals surface area contributed by atoms with Crippen LogP contribution < -0.4 is 0 Å². The van der Waals surface area contributed by atoms with Gasteiger partial charge in [0.25, 0.3) is 0 Å². The summed E-state index contributed by atoms with van der Waals surface area (Å²) >= 11 is 0. The van der Waals surface area contributed by atoms with E-state index in [4.69, 9.17) is 0 Å². The van der Waals surface area contributed by atoms with Gasteiger partial charge in [0.05, 0.1) is 5.25 Å². The molecule has 1 atom stereocenters. The van der Waals surface area contributed by atoms with E-state index in [-0.39, 0.29) is 5.25 Å². The van der Waals surface area contributed by atoms with Gasteiger partial charge in [0.1, 0.15) is 4.87 Å². The lowest BCUT2D eigenvalue weighted by molar-refractivity contribution is 0.161. The van der Waals surface area contributed by atoms with E-state index in [1.54, 1.807) is 0 Å². The first kappa shape index (κ1) is 12.4. The van der Waals surface area contributed by atoms with E-state index < -0.39 is 14.7 Å². The maximum atomic E-state index is 12.8. The number of rotatable bonds is 3. The standard InChI is InChI=1S/C14H21NO2S/c16-18(17,13-7-8-13)14(9-3-1-4-10-14)15-11-5-2-6-12-15/h1,3-4,9,13H,2,5-8,10-12H2. The van der Waals surface area contributed by atoms with Crippen LogP contribution in [0.2, 0.25) is 0 Å². The fraction of sp³-hybridized carbons (Fsp3) is 0.714. The lowest BCUT2D eigenvalue weighted by Gasteiger charge is -2.43. The van der Waals surface area contributed by atoms with Crippen molar-refractivity contribution in [3.8, 4) is 0 Å². The van der Waals surface area contributed by atoms with Crippen molar-refractivity contribution in [2.75, 3.05) is 13.1 Å². The van der Waals surface area contributed by atoms with Crippen molar-refractivity contribution in [2.24, 2.45) is 0 Å². The number of allylic oxidation sites excluding steroid dienone is 2. The van der Waals surface area contributed by atoms with Gasteiger partial charge < -0.3 is 0 Å². The molecule has 3 rings (SSSR count). The average Bonchev–Trinajstić information content (AvgIpc) is 3.25.